The van der Waals surface area contributed by atoms with E-state index in [4.69, 9.17) is 0 Å². The summed E-state index contributed by atoms with van der Waals surface area (Å²) >= 11 is 1.38. The van der Waals surface area contributed by atoms with Gasteiger partial charge in [0.25, 0.3) is 11.8 Å². The monoisotopic (exact) mass is 355 g/mol. The number of nitrogens with one attached hydrogen (secondary N) is 2. The number of fused-ring (bicyclic) bond motifs is 2. The van der Waals surface area contributed by atoms with Crippen LogP contribution >= 0.6 is 11.3 Å². The van der Waals surface area contributed by atoms with Crippen molar-refractivity contribution in [2.45, 2.75) is 24.9 Å². The molecule has 2 atom stereocenters. The van der Waals surface area contributed by atoms with Crippen molar-refractivity contribution in [2.24, 2.45) is 0 Å². The molecule has 1 aromatic carbocycles. The highest BCUT2D eigenvalue weighted by Gasteiger charge is 2.40. The number of hydrogen-bond acceptors (Lipinski definition) is 4. The third-order valence-electron chi connectivity index (χ3n) is 4.66. The summed E-state index contributed by atoms with van der Waals surface area (Å²) in [5.74, 6) is -0.465. The Kier molecular flexibility index (Phi) is 4.01. The second kappa shape index (κ2) is 6.33. The highest BCUT2D eigenvalue weighted by Crippen LogP contribution is 2.28. The number of carbonyl (C=O) groups is 3. The molecule has 128 valence electrons. The standard InChI is InChI=1S/C18H17N3O3S/c22-16-14-10-11(19-17(23)15-6-3-9-25-15)7-8-21(14)18(24)12-4-1-2-5-13(12)20-16/h1-6,9,11,14H,7-8,10H2,(H,19,23)(H,20,22). The van der Waals surface area contributed by atoms with Gasteiger partial charge in [0.2, 0.25) is 5.91 Å². The van der Waals surface area contributed by atoms with Crippen LogP contribution in [0.25, 0.3) is 0 Å². The van der Waals surface area contributed by atoms with Crippen molar-refractivity contribution >= 4 is 34.7 Å². The number of hydrogen-bond donors (Lipinski definition) is 2. The second-order valence-electron chi connectivity index (χ2n) is 6.22. The Morgan fingerprint density at radius 3 is 2.84 bits per heavy atom. The molecule has 2 aliphatic heterocycles. The van der Waals surface area contributed by atoms with Crippen molar-refractivity contribution in [2.75, 3.05) is 11.9 Å². The van der Waals surface area contributed by atoms with Crippen LogP contribution in [0.15, 0.2) is 41.8 Å². The van der Waals surface area contributed by atoms with Crippen molar-refractivity contribution in [1.29, 1.82) is 0 Å². The van der Waals surface area contributed by atoms with Crippen LogP contribution in [0.2, 0.25) is 0 Å². The molecular weight excluding hydrogens is 338 g/mol. The van der Waals surface area contributed by atoms with E-state index in [0.29, 0.717) is 35.5 Å². The number of rotatable bonds is 2. The predicted octanol–water partition coefficient (Wildman–Crippen LogP) is 2.10. The van der Waals surface area contributed by atoms with Gasteiger partial charge in [-0.1, -0.05) is 18.2 Å². The van der Waals surface area contributed by atoms with Gasteiger partial charge in [-0.25, -0.2) is 0 Å². The number of thiophene rings is 1. The first-order chi connectivity index (χ1) is 12.1. The predicted molar refractivity (Wildman–Crippen MR) is 94.7 cm³/mol. The average Bonchev–Trinajstić information content (AvgIpc) is 3.13. The fourth-order valence-corrected chi connectivity index (χ4v) is 4.03. The molecule has 3 heterocycles. The van der Waals surface area contributed by atoms with E-state index in [2.05, 4.69) is 10.6 Å². The topological polar surface area (TPSA) is 78.5 Å². The Labute approximate surface area is 148 Å². The summed E-state index contributed by atoms with van der Waals surface area (Å²) in [4.78, 5) is 39.9. The molecule has 4 rings (SSSR count). The minimum absolute atomic E-state index is 0.128. The fraction of sp³-hybridized carbons (Fsp3) is 0.278. The molecule has 2 N–H and O–H groups in total. The fourth-order valence-electron chi connectivity index (χ4n) is 3.40. The second-order valence-corrected chi connectivity index (χ2v) is 7.17. The highest BCUT2D eigenvalue weighted by molar-refractivity contribution is 7.12. The van der Waals surface area contributed by atoms with Crippen LogP contribution in [-0.2, 0) is 4.79 Å². The van der Waals surface area contributed by atoms with Crippen molar-refractivity contribution in [3.63, 3.8) is 0 Å². The average molecular weight is 355 g/mol. The van der Waals surface area contributed by atoms with E-state index in [0.717, 1.165) is 0 Å². The lowest BCUT2D eigenvalue weighted by Crippen LogP contribution is -2.54. The molecule has 3 amide bonds. The normalized spacial score (nSPS) is 22.5. The molecule has 1 aromatic heterocycles. The Bertz CT molecular complexity index is 834. The zero-order valence-electron chi connectivity index (χ0n) is 13.4. The smallest absolute Gasteiger partial charge is 0.261 e. The molecule has 2 aromatic rings. The van der Waals surface area contributed by atoms with Crippen LogP contribution in [-0.4, -0.2) is 41.2 Å². The number of anilines is 1. The van der Waals surface area contributed by atoms with Crippen LogP contribution in [0.4, 0.5) is 5.69 Å². The van der Waals surface area contributed by atoms with Crippen LogP contribution in [0.5, 0.6) is 0 Å². The molecular formula is C18H17N3O3S. The minimum Gasteiger partial charge on any atom is -0.348 e. The van der Waals surface area contributed by atoms with Gasteiger partial charge in [0.15, 0.2) is 0 Å². The number of benzene rings is 1. The van der Waals surface area contributed by atoms with Gasteiger partial charge in [0, 0.05) is 12.6 Å². The van der Waals surface area contributed by atoms with Gasteiger partial charge in [-0.3, -0.25) is 14.4 Å². The molecule has 0 radical (unpaired) electrons. The van der Waals surface area contributed by atoms with Gasteiger partial charge in [-0.15, -0.1) is 11.3 Å². The van der Waals surface area contributed by atoms with Crippen molar-refractivity contribution in [3.8, 4) is 0 Å². The zero-order chi connectivity index (χ0) is 17.4. The molecule has 0 spiro atoms. The molecule has 0 bridgehead atoms. The molecule has 6 nitrogen and oxygen atoms in total. The third kappa shape index (κ3) is 2.91. The van der Waals surface area contributed by atoms with Crippen LogP contribution in [0.3, 0.4) is 0 Å². The maximum absolute atomic E-state index is 12.8. The maximum atomic E-state index is 12.8. The van der Waals surface area contributed by atoms with Crippen molar-refractivity contribution < 1.29 is 14.4 Å². The van der Waals surface area contributed by atoms with E-state index in [1.54, 1.807) is 35.2 Å². The van der Waals surface area contributed by atoms with Gasteiger partial charge in [-0.2, -0.15) is 0 Å². The minimum atomic E-state index is -0.567. The van der Waals surface area contributed by atoms with E-state index in [1.807, 2.05) is 11.4 Å². The summed E-state index contributed by atoms with van der Waals surface area (Å²) < 4.78 is 0. The summed E-state index contributed by atoms with van der Waals surface area (Å²) in [5.41, 5.74) is 1.06. The van der Waals surface area contributed by atoms with E-state index in [-0.39, 0.29) is 23.8 Å². The quantitative estimate of drug-likeness (QED) is 0.866. The van der Waals surface area contributed by atoms with E-state index in [9.17, 15) is 14.4 Å². The number of nitrogens with zero attached hydrogens (tertiary/aromatic N) is 1. The van der Waals surface area contributed by atoms with E-state index in [1.165, 1.54) is 11.3 Å². The van der Waals surface area contributed by atoms with Gasteiger partial charge in [0.05, 0.1) is 16.1 Å². The summed E-state index contributed by atoms with van der Waals surface area (Å²) in [7, 11) is 0. The lowest BCUT2D eigenvalue weighted by molar-refractivity contribution is -0.121. The molecule has 25 heavy (non-hydrogen) atoms. The van der Waals surface area contributed by atoms with Crippen molar-refractivity contribution in [3.05, 3.63) is 52.2 Å². The number of piperidine rings is 1. The third-order valence-corrected chi connectivity index (χ3v) is 5.53. The summed E-state index contributed by atoms with van der Waals surface area (Å²) in [6.45, 7) is 0.445. The Hall–Kier alpha value is -2.67. The Morgan fingerprint density at radius 2 is 2.04 bits per heavy atom. The molecule has 2 aliphatic rings. The van der Waals surface area contributed by atoms with Crippen LogP contribution in [0, 0.1) is 0 Å². The van der Waals surface area contributed by atoms with Crippen LogP contribution < -0.4 is 10.6 Å². The SMILES string of the molecule is O=C(NC1CCN2C(=O)c3ccccc3NC(=O)C2C1)c1cccs1. The first kappa shape index (κ1) is 15.8. The number of para-hydroxylation sites is 1. The highest BCUT2D eigenvalue weighted by atomic mass is 32.1. The van der Waals surface area contributed by atoms with Gasteiger partial charge in [-0.05, 0) is 36.4 Å². The van der Waals surface area contributed by atoms with Crippen LogP contribution in [0.1, 0.15) is 32.9 Å². The maximum Gasteiger partial charge on any atom is 0.261 e. The van der Waals surface area contributed by atoms with Gasteiger partial charge >= 0.3 is 0 Å². The molecule has 7 heteroatoms. The largest absolute Gasteiger partial charge is 0.348 e. The number of amides is 3. The van der Waals surface area contributed by atoms with E-state index < -0.39 is 6.04 Å². The lowest BCUT2D eigenvalue weighted by Gasteiger charge is -2.37. The van der Waals surface area contributed by atoms with Gasteiger partial charge in [0.1, 0.15) is 6.04 Å². The molecule has 1 saturated heterocycles. The Balaban J connectivity index is 1.52. The summed E-state index contributed by atoms with van der Waals surface area (Å²) in [5, 5.41) is 7.68. The molecule has 0 saturated carbocycles. The molecule has 0 aliphatic carbocycles. The first-order valence-electron chi connectivity index (χ1n) is 8.19. The lowest BCUT2D eigenvalue weighted by atomic mass is 9.96. The van der Waals surface area contributed by atoms with E-state index >= 15 is 0 Å². The summed E-state index contributed by atoms with van der Waals surface area (Å²) in [6.07, 6.45) is 1.05. The number of carbonyl (C=O) groups excluding carboxylic acids is 3. The summed E-state index contributed by atoms with van der Waals surface area (Å²) in [6, 6.07) is 9.95. The van der Waals surface area contributed by atoms with Gasteiger partial charge < -0.3 is 15.5 Å². The Morgan fingerprint density at radius 1 is 1.20 bits per heavy atom. The zero-order valence-corrected chi connectivity index (χ0v) is 14.2. The van der Waals surface area contributed by atoms with Crippen molar-refractivity contribution in [1.82, 2.24) is 10.2 Å². The molecule has 1 fully saturated rings. The first-order valence-corrected chi connectivity index (χ1v) is 9.06. The molecule has 2 unspecified atom stereocenters.